The highest BCUT2D eigenvalue weighted by atomic mass is 35.5. The molecule has 2 aromatic rings. The van der Waals surface area contributed by atoms with Crippen LogP contribution in [0.4, 0.5) is 0 Å². The number of para-hydroxylation sites is 1. The molecule has 3 heteroatoms. The molecular formula is C16H19ClN2. The molecule has 2 nitrogen and oxygen atoms in total. The summed E-state index contributed by atoms with van der Waals surface area (Å²) in [6.07, 6.45) is 3.70. The summed E-state index contributed by atoms with van der Waals surface area (Å²) in [7, 11) is 0. The predicted molar refractivity (Wildman–Crippen MR) is 80.4 cm³/mol. The number of nitrogens with one attached hydrogen (secondary N) is 1. The van der Waals surface area contributed by atoms with Gasteiger partial charge in [-0.3, -0.25) is 4.98 Å². The zero-order chi connectivity index (χ0) is 13.1. The number of aromatic nitrogens is 1. The highest BCUT2D eigenvalue weighted by Crippen LogP contribution is 2.29. The molecule has 2 unspecified atom stereocenters. The minimum Gasteiger partial charge on any atom is -0.311 e. The molecule has 1 aromatic carbocycles. The second-order valence-corrected chi connectivity index (χ2v) is 5.89. The van der Waals surface area contributed by atoms with Crippen LogP contribution in [0.25, 0.3) is 10.9 Å². The van der Waals surface area contributed by atoms with E-state index in [2.05, 4.69) is 34.6 Å². The Hall–Kier alpha value is -1.12. The molecule has 1 saturated carbocycles. The van der Waals surface area contributed by atoms with E-state index < -0.39 is 0 Å². The van der Waals surface area contributed by atoms with Gasteiger partial charge in [-0.2, -0.15) is 0 Å². The fraction of sp³-hybridized carbons (Fsp3) is 0.438. The van der Waals surface area contributed by atoms with Gasteiger partial charge in [-0.05, 0) is 37.4 Å². The first-order valence-electron chi connectivity index (χ1n) is 7.02. The predicted octanol–water partition coefficient (Wildman–Crippen LogP) is 3.73. The average molecular weight is 275 g/mol. The van der Waals surface area contributed by atoms with Gasteiger partial charge >= 0.3 is 0 Å². The number of nitrogens with zero attached hydrogens (tertiary/aromatic N) is 1. The largest absolute Gasteiger partial charge is 0.311 e. The second-order valence-electron chi connectivity index (χ2n) is 5.33. The summed E-state index contributed by atoms with van der Waals surface area (Å²) in [5.41, 5.74) is 2.17. The van der Waals surface area contributed by atoms with E-state index in [1.807, 2.05) is 12.1 Å². The highest BCUT2D eigenvalue weighted by Gasteiger charge is 2.24. The van der Waals surface area contributed by atoms with E-state index in [1.165, 1.54) is 24.6 Å². The van der Waals surface area contributed by atoms with Crippen molar-refractivity contribution in [2.75, 3.05) is 6.54 Å². The second kappa shape index (κ2) is 5.89. The van der Waals surface area contributed by atoms with Crippen LogP contribution in [0, 0.1) is 5.92 Å². The molecule has 1 aliphatic carbocycles. The summed E-state index contributed by atoms with van der Waals surface area (Å²) < 4.78 is 0. The third kappa shape index (κ3) is 3.07. The van der Waals surface area contributed by atoms with Crippen LogP contribution in [-0.4, -0.2) is 16.9 Å². The Bertz CT molecular complexity index is 555. The van der Waals surface area contributed by atoms with Gasteiger partial charge in [-0.1, -0.05) is 30.7 Å². The maximum atomic E-state index is 6.28. The first-order valence-corrected chi connectivity index (χ1v) is 7.46. The molecule has 19 heavy (non-hydrogen) atoms. The normalized spacial score (nSPS) is 23.0. The summed E-state index contributed by atoms with van der Waals surface area (Å²) in [6.45, 7) is 1.83. The van der Waals surface area contributed by atoms with Gasteiger partial charge in [-0.15, -0.1) is 11.6 Å². The molecule has 3 rings (SSSR count). The number of hydrogen-bond donors (Lipinski definition) is 1. The Morgan fingerprint density at radius 1 is 1.16 bits per heavy atom. The number of benzene rings is 1. The molecule has 100 valence electrons. The van der Waals surface area contributed by atoms with Gasteiger partial charge in [0.1, 0.15) is 0 Å². The van der Waals surface area contributed by atoms with E-state index in [-0.39, 0.29) is 0 Å². The van der Waals surface area contributed by atoms with E-state index in [0.29, 0.717) is 11.3 Å². The summed E-state index contributed by atoms with van der Waals surface area (Å²) >= 11 is 6.28. The van der Waals surface area contributed by atoms with Crippen molar-refractivity contribution in [2.24, 2.45) is 5.92 Å². The van der Waals surface area contributed by atoms with Crippen molar-refractivity contribution in [2.45, 2.75) is 31.2 Å². The fourth-order valence-corrected chi connectivity index (χ4v) is 3.18. The monoisotopic (exact) mass is 274 g/mol. The van der Waals surface area contributed by atoms with E-state index in [0.717, 1.165) is 24.3 Å². The number of alkyl halides is 1. The molecule has 0 radical (unpaired) electrons. The summed E-state index contributed by atoms with van der Waals surface area (Å²) in [6, 6.07) is 12.5. The molecule has 0 amide bonds. The van der Waals surface area contributed by atoms with Crippen molar-refractivity contribution in [1.29, 1.82) is 0 Å². The maximum absolute atomic E-state index is 6.28. The van der Waals surface area contributed by atoms with Crippen LogP contribution in [-0.2, 0) is 6.54 Å². The van der Waals surface area contributed by atoms with Crippen molar-refractivity contribution in [3.63, 3.8) is 0 Å². The van der Waals surface area contributed by atoms with Gasteiger partial charge in [0.2, 0.25) is 0 Å². The van der Waals surface area contributed by atoms with E-state index >= 15 is 0 Å². The molecule has 0 saturated heterocycles. The van der Waals surface area contributed by atoms with E-state index in [1.54, 1.807) is 0 Å². The number of pyridine rings is 1. The summed E-state index contributed by atoms with van der Waals surface area (Å²) in [5.74, 6) is 0.627. The lowest BCUT2D eigenvalue weighted by atomic mass is 10.1. The molecule has 0 spiro atoms. The van der Waals surface area contributed by atoms with Crippen LogP contribution in [0.1, 0.15) is 25.0 Å². The van der Waals surface area contributed by atoms with Crippen LogP contribution in [0.5, 0.6) is 0 Å². The van der Waals surface area contributed by atoms with Gasteiger partial charge in [0, 0.05) is 17.3 Å². The van der Waals surface area contributed by atoms with Crippen LogP contribution < -0.4 is 5.32 Å². The SMILES string of the molecule is ClC1CCCC1CNCc1ccc2ccccc2n1. The Morgan fingerprint density at radius 3 is 2.89 bits per heavy atom. The Balaban J connectivity index is 1.59. The minimum atomic E-state index is 0.358. The fourth-order valence-electron chi connectivity index (χ4n) is 2.81. The molecule has 2 atom stereocenters. The van der Waals surface area contributed by atoms with Crippen LogP contribution in [0.3, 0.4) is 0 Å². The quantitative estimate of drug-likeness (QED) is 0.860. The molecular weight excluding hydrogens is 256 g/mol. The van der Waals surface area contributed by atoms with Gasteiger partial charge in [0.25, 0.3) is 0 Å². The lowest BCUT2D eigenvalue weighted by Crippen LogP contribution is -2.25. The number of hydrogen-bond acceptors (Lipinski definition) is 2. The van der Waals surface area contributed by atoms with Gasteiger partial charge in [-0.25, -0.2) is 0 Å². The number of rotatable bonds is 4. The molecule has 1 aliphatic rings. The smallest absolute Gasteiger partial charge is 0.0705 e. The lowest BCUT2D eigenvalue weighted by molar-refractivity contribution is 0.492. The Morgan fingerprint density at radius 2 is 2.05 bits per heavy atom. The first-order chi connectivity index (χ1) is 9.33. The standard InChI is InChI=1S/C16H19ClN2/c17-15-6-3-5-13(15)10-18-11-14-9-8-12-4-1-2-7-16(12)19-14/h1-2,4,7-9,13,15,18H,3,5-6,10-11H2. The molecule has 1 aromatic heterocycles. The van der Waals surface area contributed by atoms with Crippen LogP contribution >= 0.6 is 11.6 Å². The minimum absolute atomic E-state index is 0.358. The third-order valence-electron chi connectivity index (χ3n) is 3.94. The molecule has 1 heterocycles. The molecule has 1 N–H and O–H groups in total. The van der Waals surface area contributed by atoms with Gasteiger partial charge in [0.05, 0.1) is 11.2 Å². The zero-order valence-corrected chi connectivity index (χ0v) is 11.7. The van der Waals surface area contributed by atoms with Crippen molar-refractivity contribution in [1.82, 2.24) is 10.3 Å². The average Bonchev–Trinajstić information content (AvgIpc) is 2.84. The van der Waals surface area contributed by atoms with Gasteiger partial charge < -0.3 is 5.32 Å². The number of fused-ring (bicyclic) bond motifs is 1. The lowest BCUT2D eigenvalue weighted by Gasteiger charge is -2.14. The topological polar surface area (TPSA) is 24.9 Å². The summed E-state index contributed by atoms with van der Waals surface area (Å²) in [4.78, 5) is 4.66. The first kappa shape index (κ1) is 12.9. The third-order valence-corrected chi connectivity index (χ3v) is 4.51. The van der Waals surface area contributed by atoms with E-state index in [9.17, 15) is 0 Å². The molecule has 0 aliphatic heterocycles. The Labute approximate surface area is 119 Å². The van der Waals surface area contributed by atoms with Crippen LogP contribution in [0.15, 0.2) is 36.4 Å². The van der Waals surface area contributed by atoms with Crippen molar-refractivity contribution in [3.05, 3.63) is 42.1 Å². The van der Waals surface area contributed by atoms with Crippen molar-refractivity contribution >= 4 is 22.5 Å². The van der Waals surface area contributed by atoms with Crippen molar-refractivity contribution < 1.29 is 0 Å². The molecule has 1 fully saturated rings. The maximum Gasteiger partial charge on any atom is 0.0705 e. The molecule has 0 bridgehead atoms. The van der Waals surface area contributed by atoms with E-state index in [4.69, 9.17) is 11.6 Å². The zero-order valence-electron chi connectivity index (χ0n) is 11.0. The summed E-state index contributed by atoms with van der Waals surface area (Å²) in [5, 5.41) is 5.05. The highest BCUT2D eigenvalue weighted by molar-refractivity contribution is 6.20. The Kier molecular flexibility index (Phi) is 4.00. The van der Waals surface area contributed by atoms with Crippen LogP contribution in [0.2, 0.25) is 0 Å². The van der Waals surface area contributed by atoms with Crippen molar-refractivity contribution in [3.8, 4) is 0 Å². The van der Waals surface area contributed by atoms with Gasteiger partial charge in [0.15, 0.2) is 0 Å². The number of halogens is 1.